The van der Waals surface area contributed by atoms with Crippen molar-refractivity contribution in [2.75, 3.05) is 0 Å². The van der Waals surface area contributed by atoms with Crippen LogP contribution in [0.5, 0.6) is 5.75 Å². The Morgan fingerprint density at radius 1 is 1.43 bits per heavy atom. The number of carbonyl (C=O) groups excluding carboxylic acids is 1. The molecule has 1 aliphatic carbocycles. The van der Waals surface area contributed by atoms with Crippen LogP contribution in [0.2, 0.25) is 0 Å². The van der Waals surface area contributed by atoms with Gasteiger partial charge in [-0.15, -0.1) is 0 Å². The van der Waals surface area contributed by atoms with E-state index in [1.165, 1.54) is 11.1 Å². The molecule has 0 bridgehead atoms. The molecule has 2 rings (SSSR count). The largest absolute Gasteiger partial charge is 0.508 e. The van der Waals surface area contributed by atoms with E-state index in [0.29, 0.717) is 6.42 Å². The second-order valence-corrected chi connectivity index (χ2v) is 3.93. The first-order valence-electron chi connectivity index (χ1n) is 5.00. The standard InChI is InChI=1S/C12H14O2/c1-8(13)7-11-10-4-2-3-9(10)5-6-12(11)14/h5-6,14H,2-4,7H2,1H3. The lowest BCUT2D eigenvalue weighted by molar-refractivity contribution is -0.116. The Balaban J connectivity index is 2.46. The summed E-state index contributed by atoms with van der Waals surface area (Å²) in [6.07, 6.45) is 3.60. The number of ketones is 1. The maximum Gasteiger partial charge on any atom is 0.134 e. The van der Waals surface area contributed by atoms with Crippen LogP contribution < -0.4 is 0 Å². The maximum atomic E-state index is 11.1. The minimum atomic E-state index is 0.112. The van der Waals surface area contributed by atoms with E-state index in [-0.39, 0.29) is 11.5 Å². The van der Waals surface area contributed by atoms with Crippen molar-refractivity contribution in [3.05, 3.63) is 28.8 Å². The number of hydrogen-bond donors (Lipinski definition) is 1. The van der Waals surface area contributed by atoms with Gasteiger partial charge in [0.1, 0.15) is 11.5 Å². The molecule has 1 N–H and O–H groups in total. The molecule has 74 valence electrons. The van der Waals surface area contributed by atoms with E-state index in [1.807, 2.05) is 6.07 Å². The topological polar surface area (TPSA) is 37.3 Å². The lowest BCUT2D eigenvalue weighted by atomic mass is 9.98. The first-order valence-corrected chi connectivity index (χ1v) is 5.00. The number of Topliss-reactive ketones (excluding diaryl/α,β-unsaturated/α-hetero) is 1. The van der Waals surface area contributed by atoms with E-state index in [1.54, 1.807) is 13.0 Å². The summed E-state index contributed by atoms with van der Waals surface area (Å²) >= 11 is 0. The first-order chi connectivity index (χ1) is 6.68. The SMILES string of the molecule is CC(=O)Cc1c(O)ccc2c1CCC2. The van der Waals surface area contributed by atoms with Gasteiger partial charge in [0.25, 0.3) is 0 Å². The van der Waals surface area contributed by atoms with Crippen LogP contribution in [0.4, 0.5) is 0 Å². The van der Waals surface area contributed by atoms with Crippen LogP contribution in [0.25, 0.3) is 0 Å². The summed E-state index contributed by atoms with van der Waals surface area (Å²) in [5, 5.41) is 9.67. The van der Waals surface area contributed by atoms with Crippen molar-refractivity contribution in [1.29, 1.82) is 0 Å². The highest BCUT2D eigenvalue weighted by molar-refractivity contribution is 5.79. The third kappa shape index (κ3) is 1.52. The Bertz CT molecular complexity index is 380. The molecule has 0 radical (unpaired) electrons. The highest BCUT2D eigenvalue weighted by Gasteiger charge is 2.18. The molecule has 0 saturated carbocycles. The number of carbonyl (C=O) groups is 1. The van der Waals surface area contributed by atoms with Crippen LogP contribution >= 0.6 is 0 Å². The van der Waals surface area contributed by atoms with Gasteiger partial charge in [0.2, 0.25) is 0 Å². The molecule has 0 aliphatic heterocycles. The van der Waals surface area contributed by atoms with Crippen molar-refractivity contribution in [3.8, 4) is 5.75 Å². The molecule has 0 spiro atoms. The highest BCUT2D eigenvalue weighted by Crippen LogP contribution is 2.31. The summed E-state index contributed by atoms with van der Waals surface area (Å²) in [5.41, 5.74) is 3.37. The van der Waals surface area contributed by atoms with Gasteiger partial charge in [0.05, 0.1) is 0 Å². The zero-order valence-corrected chi connectivity index (χ0v) is 8.34. The average molecular weight is 190 g/mol. The molecular formula is C12H14O2. The van der Waals surface area contributed by atoms with Crippen molar-refractivity contribution in [1.82, 2.24) is 0 Å². The van der Waals surface area contributed by atoms with Crippen molar-refractivity contribution >= 4 is 5.78 Å². The second-order valence-electron chi connectivity index (χ2n) is 3.93. The third-order valence-electron chi connectivity index (χ3n) is 2.80. The van der Waals surface area contributed by atoms with Gasteiger partial charge in [0, 0.05) is 12.0 Å². The van der Waals surface area contributed by atoms with Crippen LogP contribution in [0, 0.1) is 0 Å². The zero-order chi connectivity index (χ0) is 10.1. The number of phenols is 1. The van der Waals surface area contributed by atoms with Gasteiger partial charge < -0.3 is 5.11 Å². The molecule has 1 aromatic carbocycles. The van der Waals surface area contributed by atoms with Gasteiger partial charge >= 0.3 is 0 Å². The summed E-state index contributed by atoms with van der Waals surface area (Å²) < 4.78 is 0. The van der Waals surface area contributed by atoms with Gasteiger partial charge in [0.15, 0.2) is 0 Å². The second kappa shape index (κ2) is 3.45. The number of benzene rings is 1. The Kier molecular flexibility index (Phi) is 2.28. The van der Waals surface area contributed by atoms with E-state index >= 15 is 0 Å². The Morgan fingerprint density at radius 3 is 2.93 bits per heavy atom. The highest BCUT2D eigenvalue weighted by atomic mass is 16.3. The van der Waals surface area contributed by atoms with Crippen LogP contribution in [-0.4, -0.2) is 10.9 Å². The quantitative estimate of drug-likeness (QED) is 0.774. The van der Waals surface area contributed by atoms with Gasteiger partial charge in [-0.05, 0) is 43.4 Å². The van der Waals surface area contributed by atoms with E-state index in [2.05, 4.69) is 0 Å². The molecule has 0 atom stereocenters. The van der Waals surface area contributed by atoms with Crippen molar-refractivity contribution in [3.63, 3.8) is 0 Å². The first kappa shape index (κ1) is 9.25. The maximum absolute atomic E-state index is 11.1. The molecule has 0 aromatic heterocycles. The molecule has 0 saturated heterocycles. The Morgan fingerprint density at radius 2 is 2.21 bits per heavy atom. The number of aromatic hydroxyl groups is 1. The normalized spacial score (nSPS) is 14.1. The van der Waals surface area contributed by atoms with Gasteiger partial charge in [-0.2, -0.15) is 0 Å². The lowest BCUT2D eigenvalue weighted by Gasteiger charge is -2.08. The minimum Gasteiger partial charge on any atom is -0.508 e. The monoisotopic (exact) mass is 190 g/mol. The van der Waals surface area contributed by atoms with Crippen LogP contribution in [0.1, 0.15) is 30.0 Å². The van der Waals surface area contributed by atoms with E-state index in [0.717, 1.165) is 24.8 Å². The van der Waals surface area contributed by atoms with Crippen LogP contribution in [0.3, 0.4) is 0 Å². The number of rotatable bonds is 2. The smallest absolute Gasteiger partial charge is 0.134 e. The van der Waals surface area contributed by atoms with Crippen molar-refractivity contribution in [2.45, 2.75) is 32.6 Å². The molecule has 14 heavy (non-hydrogen) atoms. The number of hydrogen-bond acceptors (Lipinski definition) is 2. The number of aryl methyl sites for hydroxylation is 1. The van der Waals surface area contributed by atoms with Gasteiger partial charge in [-0.1, -0.05) is 6.07 Å². The molecular weight excluding hydrogens is 176 g/mol. The predicted molar refractivity (Wildman–Crippen MR) is 54.5 cm³/mol. The summed E-state index contributed by atoms with van der Waals surface area (Å²) in [6.45, 7) is 1.56. The minimum absolute atomic E-state index is 0.112. The fourth-order valence-electron chi connectivity index (χ4n) is 2.18. The Labute approximate surface area is 83.6 Å². The fraction of sp³-hybridized carbons (Fsp3) is 0.417. The van der Waals surface area contributed by atoms with Crippen LogP contribution in [-0.2, 0) is 24.1 Å². The summed E-state index contributed by atoms with van der Waals surface area (Å²) in [6, 6.07) is 3.68. The molecule has 1 aliphatic rings. The van der Waals surface area contributed by atoms with E-state index < -0.39 is 0 Å². The number of fused-ring (bicyclic) bond motifs is 1. The van der Waals surface area contributed by atoms with Crippen molar-refractivity contribution < 1.29 is 9.90 Å². The zero-order valence-electron chi connectivity index (χ0n) is 8.34. The van der Waals surface area contributed by atoms with E-state index in [9.17, 15) is 9.90 Å². The van der Waals surface area contributed by atoms with Gasteiger partial charge in [-0.25, -0.2) is 0 Å². The average Bonchev–Trinajstić information content (AvgIpc) is 2.57. The Hall–Kier alpha value is -1.31. The van der Waals surface area contributed by atoms with E-state index in [4.69, 9.17) is 0 Å². The van der Waals surface area contributed by atoms with Crippen LogP contribution in [0.15, 0.2) is 12.1 Å². The fourth-order valence-corrected chi connectivity index (χ4v) is 2.18. The lowest BCUT2D eigenvalue weighted by Crippen LogP contribution is -2.01. The third-order valence-corrected chi connectivity index (χ3v) is 2.80. The number of phenolic OH excluding ortho intramolecular Hbond substituents is 1. The molecule has 0 amide bonds. The van der Waals surface area contributed by atoms with Gasteiger partial charge in [-0.3, -0.25) is 4.79 Å². The summed E-state index contributed by atoms with van der Waals surface area (Å²) in [5.74, 6) is 0.390. The van der Waals surface area contributed by atoms with Crippen molar-refractivity contribution in [2.24, 2.45) is 0 Å². The molecule has 2 nitrogen and oxygen atoms in total. The molecule has 1 aromatic rings. The summed E-state index contributed by atoms with van der Waals surface area (Å²) in [4.78, 5) is 11.1. The molecule has 0 heterocycles. The molecule has 0 unspecified atom stereocenters. The summed E-state index contributed by atoms with van der Waals surface area (Å²) in [7, 11) is 0. The predicted octanol–water partition coefficient (Wildman–Crippen LogP) is 2.01. The molecule has 2 heteroatoms. The molecule has 0 fully saturated rings.